The average Bonchev–Trinajstić information content (AvgIpc) is 3.25. The molecule has 0 unspecified atom stereocenters. The second-order valence-corrected chi connectivity index (χ2v) is 7.18. The van der Waals surface area contributed by atoms with Crippen LogP contribution in [0.2, 0.25) is 0 Å². The fourth-order valence-electron chi connectivity index (χ4n) is 3.65. The predicted octanol–water partition coefficient (Wildman–Crippen LogP) is 6.55. The summed E-state index contributed by atoms with van der Waals surface area (Å²) >= 11 is 5.74. The Labute approximate surface area is 176 Å². The van der Waals surface area contributed by atoms with Crippen molar-refractivity contribution in [1.29, 1.82) is 0 Å². The Balaban J connectivity index is 1.88. The fourth-order valence-corrected chi connectivity index (χ4v) is 3.73. The van der Waals surface area contributed by atoms with E-state index in [-0.39, 0.29) is 0 Å². The number of H-pyrrole nitrogens is 1. The lowest BCUT2D eigenvalue weighted by molar-refractivity contribution is 0.343. The van der Waals surface area contributed by atoms with Gasteiger partial charge < -0.3 is 4.74 Å². The van der Waals surface area contributed by atoms with Gasteiger partial charge in [-0.1, -0.05) is 55.5 Å². The van der Waals surface area contributed by atoms with Crippen molar-refractivity contribution in [2.75, 3.05) is 12.5 Å². The summed E-state index contributed by atoms with van der Waals surface area (Å²) in [6.45, 7) is 2.71. The van der Waals surface area contributed by atoms with Crippen molar-refractivity contribution in [2.24, 2.45) is 0 Å². The number of nitrogens with zero attached hydrogens (tertiary/aromatic N) is 1. The van der Waals surface area contributed by atoms with E-state index < -0.39 is 0 Å². The van der Waals surface area contributed by atoms with Gasteiger partial charge in [0, 0.05) is 5.39 Å². The lowest BCUT2D eigenvalue weighted by Gasteiger charge is -2.17. The van der Waals surface area contributed by atoms with Crippen LogP contribution in [0.5, 0.6) is 5.75 Å². The topological polar surface area (TPSA) is 37.9 Å². The van der Waals surface area contributed by atoms with Gasteiger partial charge in [-0.15, -0.1) is 11.6 Å². The first-order valence-corrected chi connectivity index (χ1v) is 10.3. The zero-order valence-electron chi connectivity index (χ0n) is 16.4. The molecule has 0 aliphatic rings. The highest BCUT2D eigenvalue weighted by Gasteiger charge is 2.14. The smallest absolute Gasteiger partial charge is 0.119 e. The molecular formula is C25H23ClN2O. The van der Waals surface area contributed by atoms with Gasteiger partial charge in [-0.05, 0) is 58.5 Å². The highest BCUT2D eigenvalue weighted by molar-refractivity contribution is 6.18. The van der Waals surface area contributed by atoms with Crippen molar-refractivity contribution < 1.29 is 4.74 Å². The molecule has 1 N–H and O–H groups in total. The van der Waals surface area contributed by atoms with Crippen molar-refractivity contribution in [1.82, 2.24) is 10.2 Å². The number of hydrogen-bond donors (Lipinski definition) is 1. The maximum atomic E-state index is 5.74. The molecule has 0 bridgehead atoms. The first-order valence-electron chi connectivity index (χ1n) is 9.81. The molecule has 4 rings (SSSR count). The van der Waals surface area contributed by atoms with Crippen LogP contribution in [0.1, 0.15) is 30.0 Å². The number of aromatic amines is 1. The molecule has 29 heavy (non-hydrogen) atoms. The molecule has 0 atom stereocenters. The molecule has 0 radical (unpaired) electrons. The maximum Gasteiger partial charge on any atom is 0.119 e. The summed E-state index contributed by atoms with van der Waals surface area (Å²) in [6.07, 6.45) is 2.79. The molecule has 3 aromatic carbocycles. The molecule has 0 aliphatic heterocycles. The Hall–Kier alpha value is -3.04. The Morgan fingerprint density at radius 3 is 2.41 bits per heavy atom. The van der Waals surface area contributed by atoms with Gasteiger partial charge in [-0.3, -0.25) is 5.10 Å². The molecule has 1 heterocycles. The van der Waals surface area contributed by atoms with Crippen LogP contribution in [0.25, 0.3) is 22.0 Å². The van der Waals surface area contributed by atoms with Crippen LogP contribution in [0.3, 0.4) is 0 Å². The summed E-state index contributed by atoms with van der Waals surface area (Å²) in [5.41, 5.74) is 7.14. The molecule has 0 spiro atoms. The van der Waals surface area contributed by atoms with E-state index >= 15 is 0 Å². The van der Waals surface area contributed by atoms with Crippen LogP contribution in [0, 0.1) is 0 Å². The van der Waals surface area contributed by atoms with E-state index in [1.165, 1.54) is 22.3 Å². The zero-order chi connectivity index (χ0) is 20.1. The minimum absolute atomic E-state index is 0.478. The molecule has 1 aromatic heterocycles. The molecule has 0 saturated heterocycles. The van der Waals surface area contributed by atoms with Crippen molar-refractivity contribution in [3.63, 3.8) is 0 Å². The van der Waals surface area contributed by atoms with Crippen molar-refractivity contribution in [2.45, 2.75) is 13.3 Å². The quantitative estimate of drug-likeness (QED) is 0.281. The van der Waals surface area contributed by atoms with Crippen molar-refractivity contribution in [3.8, 4) is 5.75 Å². The van der Waals surface area contributed by atoms with Crippen LogP contribution in [0.15, 0.2) is 79.0 Å². The van der Waals surface area contributed by atoms with Crippen molar-refractivity contribution >= 4 is 33.7 Å². The van der Waals surface area contributed by atoms with Crippen LogP contribution >= 0.6 is 11.6 Å². The van der Waals surface area contributed by atoms with Gasteiger partial charge >= 0.3 is 0 Å². The van der Waals surface area contributed by atoms with E-state index in [2.05, 4.69) is 77.8 Å². The van der Waals surface area contributed by atoms with E-state index in [1.807, 2.05) is 18.3 Å². The van der Waals surface area contributed by atoms with Gasteiger partial charge in [0.1, 0.15) is 12.4 Å². The van der Waals surface area contributed by atoms with E-state index in [0.717, 1.165) is 28.6 Å². The highest BCUT2D eigenvalue weighted by atomic mass is 35.5. The van der Waals surface area contributed by atoms with Gasteiger partial charge in [0.15, 0.2) is 0 Å². The first kappa shape index (κ1) is 19.3. The van der Waals surface area contributed by atoms with Crippen LogP contribution in [-0.2, 0) is 0 Å². The number of rotatable bonds is 7. The number of allylic oxidation sites excluding steroid dienone is 1. The minimum Gasteiger partial charge on any atom is -0.492 e. The third-order valence-electron chi connectivity index (χ3n) is 5.00. The lowest BCUT2D eigenvalue weighted by atomic mass is 9.88. The monoisotopic (exact) mass is 402 g/mol. The molecule has 0 fully saturated rings. The predicted molar refractivity (Wildman–Crippen MR) is 121 cm³/mol. The third-order valence-corrected chi connectivity index (χ3v) is 5.15. The third kappa shape index (κ3) is 4.20. The number of benzene rings is 3. The van der Waals surface area contributed by atoms with Gasteiger partial charge in [0.05, 0.1) is 17.6 Å². The fraction of sp³-hybridized carbons (Fsp3) is 0.160. The Morgan fingerprint density at radius 1 is 0.931 bits per heavy atom. The molecule has 146 valence electrons. The summed E-state index contributed by atoms with van der Waals surface area (Å²) in [5, 5.41) is 8.31. The van der Waals surface area contributed by atoms with Crippen LogP contribution in [-0.4, -0.2) is 22.7 Å². The second-order valence-electron chi connectivity index (χ2n) is 6.81. The molecular weight excluding hydrogens is 380 g/mol. The standard InChI is InChI=1S/C25H23ClN2O/c1-2-23(18-6-4-3-5-7-18)25(19-8-11-22(12-9-19)29-15-14-26)20-10-13-24-21(16-20)17-27-28-24/h3-13,16-17H,2,14-15H2,1H3,(H,27,28)/b25-23+. The van der Waals surface area contributed by atoms with Crippen LogP contribution < -0.4 is 4.74 Å². The average molecular weight is 403 g/mol. The van der Waals surface area contributed by atoms with Crippen molar-refractivity contribution in [3.05, 3.63) is 95.7 Å². The van der Waals surface area contributed by atoms with E-state index in [1.54, 1.807) is 0 Å². The molecule has 4 aromatic rings. The van der Waals surface area contributed by atoms with E-state index in [9.17, 15) is 0 Å². The number of alkyl halides is 1. The largest absolute Gasteiger partial charge is 0.492 e. The summed E-state index contributed by atoms with van der Waals surface area (Å²) in [4.78, 5) is 0. The molecule has 4 heteroatoms. The van der Waals surface area contributed by atoms with Gasteiger partial charge in [0.25, 0.3) is 0 Å². The van der Waals surface area contributed by atoms with Gasteiger partial charge in [-0.25, -0.2) is 0 Å². The summed E-state index contributed by atoms with van der Waals surface area (Å²) in [5.74, 6) is 1.31. The molecule has 0 amide bonds. The SMILES string of the molecule is CC/C(=C(/c1ccc(OCCCl)cc1)c1ccc2[nH]ncc2c1)c1ccccc1. The summed E-state index contributed by atoms with van der Waals surface area (Å²) in [6, 6.07) is 25.3. The Bertz CT molecular complexity index is 1110. The van der Waals surface area contributed by atoms with Crippen LogP contribution in [0.4, 0.5) is 0 Å². The second kappa shape index (κ2) is 8.97. The maximum absolute atomic E-state index is 5.74. The van der Waals surface area contributed by atoms with Gasteiger partial charge in [-0.2, -0.15) is 5.10 Å². The molecule has 0 aliphatic carbocycles. The molecule has 3 nitrogen and oxygen atoms in total. The lowest BCUT2D eigenvalue weighted by Crippen LogP contribution is -1.99. The number of ether oxygens (including phenoxy) is 1. The Morgan fingerprint density at radius 2 is 1.69 bits per heavy atom. The number of aromatic nitrogens is 2. The summed E-state index contributed by atoms with van der Waals surface area (Å²) in [7, 11) is 0. The number of nitrogens with one attached hydrogen (secondary N) is 1. The number of hydrogen-bond acceptors (Lipinski definition) is 2. The Kier molecular flexibility index (Phi) is 5.97. The first-order chi connectivity index (χ1) is 14.3. The number of halogens is 1. The normalized spacial score (nSPS) is 12.1. The summed E-state index contributed by atoms with van der Waals surface area (Å²) < 4.78 is 5.65. The molecule has 0 saturated carbocycles. The zero-order valence-corrected chi connectivity index (χ0v) is 17.1. The van der Waals surface area contributed by atoms with Gasteiger partial charge in [0.2, 0.25) is 0 Å². The highest BCUT2D eigenvalue weighted by Crippen LogP contribution is 2.36. The minimum atomic E-state index is 0.478. The van der Waals surface area contributed by atoms with E-state index in [4.69, 9.17) is 16.3 Å². The van der Waals surface area contributed by atoms with E-state index in [0.29, 0.717) is 12.5 Å². The number of fused-ring (bicyclic) bond motifs is 1.